The van der Waals surface area contributed by atoms with Crippen LogP contribution in [0.15, 0.2) is 59.0 Å². The number of carbonyl (C=O) groups is 2. The van der Waals surface area contributed by atoms with Crippen LogP contribution in [0.2, 0.25) is 0 Å². The topological polar surface area (TPSA) is 71.0 Å². The first-order valence-electron chi connectivity index (χ1n) is 11.2. The number of para-hydroxylation sites is 1. The van der Waals surface area contributed by atoms with Crippen molar-refractivity contribution in [3.05, 3.63) is 65.7 Å². The summed E-state index contributed by atoms with van der Waals surface area (Å²) in [5, 5.41) is 3.15. The first kappa shape index (κ1) is 23.9. The number of urea groups is 1. The van der Waals surface area contributed by atoms with E-state index in [0.29, 0.717) is 24.4 Å². The largest absolute Gasteiger partial charge is 0.496 e. The standard InChI is InChI=1S/C25H31N3O3S/c1-3-17-28(24(30)27-32)20-13-15-25(16-14-20,19-9-5-4-6-10-19)18-26-23(29)21-11-7-8-12-22(21)31-2/h4-12,20H,3,13-18H2,1-2H3,(H,26,29). The van der Waals surface area contributed by atoms with Gasteiger partial charge in [0.15, 0.2) is 0 Å². The predicted octanol–water partition coefficient (Wildman–Crippen LogP) is 4.87. The number of amides is 3. The molecule has 0 aliphatic heterocycles. The second kappa shape index (κ2) is 11.2. The van der Waals surface area contributed by atoms with Crippen LogP contribution in [-0.2, 0) is 17.8 Å². The molecule has 32 heavy (non-hydrogen) atoms. The van der Waals surface area contributed by atoms with Gasteiger partial charge < -0.3 is 15.0 Å². The number of nitrogens with zero attached hydrogens (tertiary/aromatic N) is 2. The molecule has 6 nitrogen and oxygen atoms in total. The van der Waals surface area contributed by atoms with Gasteiger partial charge >= 0.3 is 6.03 Å². The van der Waals surface area contributed by atoms with Crippen LogP contribution in [0.4, 0.5) is 4.79 Å². The molecule has 1 saturated carbocycles. The average molecular weight is 454 g/mol. The van der Waals surface area contributed by atoms with Crippen molar-refractivity contribution in [1.29, 1.82) is 0 Å². The predicted molar refractivity (Wildman–Crippen MR) is 128 cm³/mol. The molecular formula is C25H31N3O3S. The Morgan fingerprint density at radius 1 is 1.12 bits per heavy atom. The fourth-order valence-electron chi connectivity index (χ4n) is 4.73. The van der Waals surface area contributed by atoms with Gasteiger partial charge in [-0.25, -0.2) is 4.79 Å². The van der Waals surface area contributed by atoms with E-state index in [-0.39, 0.29) is 23.4 Å². The summed E-state index contributed by atoms with van der Waals surface area (Å²) in [6, 6.07) is 17.4. The van der Waals surface area contributed by atoms with Gasteiger partial charge in [-0.3, -0.25) is 4.79 Å². The van der Waals surface area contributed by atoms with Crippen LogP contribution in [-0.4, -0.2) is 43.1 Å². The van der Waals surface area contributed by atoms with Crippen LogP contribution in [0, 0.1) is 0 Å². The second-order valence-electron chi connectivity index (χ2n) is 8.33. The second-order valence-corrected chi connectivity index (χ2v) is 8.51. The van der Waals surface area contributed by atoms with Crippen LogP contribution in [0.25, 0.3) is 0 Å². The molecule has 1 aliphatic rings. The summed E-state index contributed by atoms with van der Waals surface area (Å²) < 4.78 is 8.84. The van der Waals surface area contributed by atoms with E-state index in [1.165, 1.54) is 5.56 Å². The van der Waals surface area contributed by atoms with Crippen molar-refractivity contribution in [1.82, 2.24) is 10.2 Å². The van der Waals surface area contributed by atoms with Gasteiger partial charge in [-0.15, -0.1) is 4.36 Å². The minimum Gasteiger partial charge on any atom is -0.496 e. The molecule has 1 N–H and O–H groups in total. The Balaban J connectivity index is 1.78. The molecule has 0 bridgehead atoms. The highest BCUT2D eigenvalue weighted by molar-refractivity contribution is 7.47. The van der Waals surface area contributed by atoms with Gasteiger partial charge in [-0.05, 0) is 49.8 Å². The highest BCUT2D eigenvalue weighted by Crippen LogP contribution is 2.40. The van der Waals surface area contributed by atoms with Crippen molar-refractivity contribution >= 4 is 24.4 Å². The summed E-state index contributed by atoms with van der Waals surface area (Å²) in [5.41, 5.74) is 1.54. The van der Waals surface area contributed by atoms with E-state index in [4.69, 9.17) is 4.74 Å². The van der Waals surface area contributed by atoms with E-state index < -0.39 is 0 Å². The number of benzene rings is 2. The molecule has 0 heterocycles. The summed E-state index contributed by atoms with van der Waals surface area (Å²) in [4.78, 5) is 27.0. The van der Waals surface area contributed by atoms with E-state index in [1.54, 1.807) is 19.2 Å². The maximum atomic E-state index is 13.0. The smallest absolute Gasteiger partial charge is 0.355 e. The minimum atomic E-state index is -0.316. The summed E-state index contributed by atoms with van der Waals surface area (Å²) in [6.45, 7) is 3.23. The molecule has 0 spiro atoms. The highest BCUT2D eigenvalue weighted by Gasteiger charge is 2.39. The molecule has 3 amide bonds. The van der Waals surface area contributed by atoms with Crippen molar-refractivity contribution < 1.29 is 14.3 Å². The molecule has 170 valence electrons. The minimum absolute atomic E-state index is 0.121. The zero-order chi connectivity index (χ0) is 23.0. The normalized spacial score (nSPS) is 20.2. The number of methoxy groups -OCH3 is 1. The molecule has 0 unspecified atom stereocenters. The lowest BCUT2D eigenvalue weighted by molar-refractivity contribution is 0.0922. The maximum absolute atomic E-state index is 13.0. The molecule has 3 rings (SSSR count). The number of hydrogen-bond donors (Lipinski definition) is 1. The lowest BCUT2D eigenvalue weighted by Crippen LogP contribution is -2.48. The Labute approximate surface area is 195 Å². The molecule has 7 heteroatoms. The third kappa shape index (κ3) is 5.33. The van der Waals surface area contributed by atoms with Crippen molar-refractivity contribution in [2.45, 2.75) is 50.5 Å². The zero-order valence-corrected chi connectivity index (χ0v) is 19.6. The summed E-state index contributed by atoms with van der Waals surface area (Å²) in [5.74, 6) is 0.413. The number of hydrogen-bond acceptors (Lipinski definition) is 4. The monoisotopic (exact) mass is 453 g/mol. The van der Waals surface area contributed by atoms with Crippen LogP contribution in [0.5, 0.6) is 5.75 Å². The molecule has 0 aromatic heterocycles. The molecule has 0 saturated heterocycles. The lowest BCUT2D eigenvalue weighted by atomic mass is 9.67. The van der Waals surface area contributed by atoms with E-state index in [0.717, 1.165) is 32.1 Å². The third-order valence-corrected chi connectivity index (χ3v) is 6.62. The van der Waals surface area contributed by atoms with Gasteiger partial charge in [-0.2, -0.15) is 0 Å². The Hall–Kier alpha value is -2.80. The molecule has 1 aliphatic carbocycles. The molecule has 2 aromatic rings. The third-order valence-electron chi connectivity index (χ3n) is 6.47. The molecule has 0 atom stereocenters. The molecular weight excluding hydrogens is 422 g/mol. The number of rotatable bonds is 8. The number of carbonyl (C=O) groups excluding carboxylic acids is 2. The average Bonchev–Trinajstić information content (AvgIpc) is 2.86. The van der Waals surface area contributed by atoms with Crippen molar-refractivity contribution in [3.8, 4) is 5.75 Å². The van der Waals surface area contributed by atoms with Crippen molar-refractivity contribution in [3.63, 3.8) is 0 Å². The van der Waals surface area contributed by atoms with Gasteiger partial charge in [0.2, 0.25) is 0 Å². The van der Waals surface area contributed by atoms with Gasteiger partial charge in [0.1, 0.15) is 5.75 Å². The van der Waals surface area contributed by atoms with Gasteiger partial charge in [0.25, 0.3) is 5.91 Å². The summed E-state index contributed by atoms with van der Waals surface area (Å²) >= 11 is 4.67. The van der Waals surface area contributed by atoms with Gasteiger partial charge in [0, 0.05) is 37.0 Å². The Kier molecular flexibility index (Phi) is 8.33. The fourth-order valence-corrected chi connectivity index (χ4v) is 4.84. The van der Waals surface area contributed by atoms with Gasteiger partial charge in [-0.1, -0.05) is 49.4 Å². The quantitative estimate of drug-likeness (QED) is 0.619. The van der Waals surface area contributed by atoms with Crippen molar-refractivity contribution in [2.24, 2.45) is 4.36 Å². The van der Waals surface area contributed by atoms with Crippen molar-refractivity contribution in [2.75, 3.05) is 20.2 Å². The van der Waals surface area contributed by atoms with Crippen LogP contribution < -0.4 is 10.1 Å². The SMILES string of the molecule is CCCN(C(=O)N=S)C1CCC(CNC(=O)c2ccccc2OC)(c2ccccc2)CC1. The van der Waals surface area contributed by atoms with Gasteiger partial charge in [0.05, 0.1) is 12.7 Å². The number of ether oxygens (including phenoxy) is 1. The summed E-state index contributed by atoms with van der Waals surface area (Å²) in [7, 11) is 1.57. The molecule has 0 radical (unpaired) electrons. The molecule has 2 aromatic carbocycles. The van der Waals surface area contributed by atoms with Crippen LogP contribution in [0.1, 0.15) is 54.9 Å². The maximum Gasteiger partial charge on any atom is 0.355 e. The molecule has 1 fully saturated rings. The first-order valence-corrected chi connectivity index (χ1v) is 11.5. The highest BCUT2D eigenvalue weighted by atomic mass is 32.1. The van der Waals surface area contributed by atoms with Crippen LogP contribution >= 0.6 is 0 Å². The summed E-state index contributed by atoms with van der Waals surface area (Å²) in [6.07, 6.45) is 4.27. The van der Waals surface area contributed by atoms with Crippen LogP contribution in [0.3, 0.4) is 0 Å². The fraction of sp³-hybridized carbons (Fsp3) is 0.440. The van der Waals surface area contributed by atoms with E-state index >= 15 is 0 Å². The Morgan fingerprint density at radius 2 is 1.78 bits per heavy atom. The lowest BCUT2D eigenvalue weighted by Gasteiger charge is -2.43. The Bertz CT molecular complexity index is 927. The number of nitrogens with one attached hydrogen (secondary N) is 1. The van der Waals surface area contributed by atoms with E-state index in [2.05, 4.69) is 34.2 Å². The zero-order valence-electron chi connectivity index (χ0n) is 18.8. The first-order chi connectivity index (χ1) is 15.5. The van der Waals surface area contributed by atoms with E-state index in [9.17, 15) is 9.59 Å². The van der Waals surface area contributed by atoms with E-state index in [1.807, 2.05) is 42.2 Å². The Morgan fingerprint density at radius 3 is 2.41 bits per heavy atom.